The summed E-state index contributed by atoms with van der Waals surface area (Å²) in [7, 11) is 0. The lowest BCUT2D eigenvalue weighted by molar-refractivity contribution is -0.141. The number of rotatable bonds is 2. The molecule has 1 amide bonds. The standard InChI is InChI=1S/C15H16N2O3/c1-9-4-5-10-8-12(16-11(10)7-9)14(18)17-6-2-3-13(17)15(19)20/h4-5,7-8,13,16H,2-3,6H2,1H3,(H,19,20)/t13-/m0/s1. The minimum atomic E-state index is -0.928. The van der Waals surface area contributed by atoms with Gasteiger partial charge in [0.05, 0.1) is 0 Å². The van der Waals surface area contributed by atoms with Gasteiger partial charge in [0.2, 0.25) is 0 Å². The summed E-state index contributed by atoms with van der Waals surface area (Å²) in [6.45, 7) is 2.49. The molecule has 2 N–H and O–H groups in total. The Morgan fingerprint density at radius 3 is 2.90 bits per heavy atom. The molecule has 1 aromatic carbocycles. The Morgan fingerprint density at radius 1 is 1.35 bits per heavy atom. The highest BCUT2D eigenvalue weighted by Gasteiger charge is 2.34. The molecular formula is C15H16N2O3. The van der Waals surface area contributed by atoms with Gasteiger partial charge in [0, 0.05) is 17.4 Å². The molecule has 1 aromatic heterocycles. The normalized spacial score (nSPS) is 18.6. The van der Waals surface area contributed by atoms with Gasteiger partial charge in [-0.3, -0.25) is 4.79 Å². The molecule has 1 aliphatic heterocycles. The number of nitrogens with one attached hydrogen (secondary N) is 1. The number of carboxylic acids is 1. The molecule has 20 heavy (non-hydrogen) atoms. The predicted octanol–water partition coefficient (Wildman–Crippen LogP) is 2.17. The van der Waals surface area contributed by atoms with Crippen molar-refractivity contribution >= 4 is 22.8 Å². The molecule has 2 aromatic rings. The Hall–Kier alpha value is -2.30. The summed E-state index contributed by atoms with van der Waals surface area (Å²) in [5, 5.41) is 10.1. The van der Waals surface area contributed by atoms with Crippen LogP contribution in [0.1, 0.15) is 28.9 Å². The number of carbonyl (C=O) groups excluding carboxylic acids is 1. The van der Waals surface area contributed by atoms with Crippen molar-refractivity contribution in [3.63, 3.8) is 0 Å². The van der Waals surface area contributed by atoms with Gasteiger partial charge in [0.15, 0.2) is 0 Å². The topological polar surface area (TPSA) is 73.4 Å². The lowest BCUT2D eigenvalue weighted by Gasteiger charge is -2.20. The van der Waals surface area contributed by atoms with Gasteiger partial charge in [0.1, 0.15) is 11.7 Å². The van der Waals surface area contributed by atoms with Gasteiger partial charge in [-0.1, -0.05) is 12.1 Å². The van der Waals surface area contributed by atoms with Gasteiger partial charge in [0.25, 0.3) is 5.91 Å². The molecule has 0 spiro atoms. The van der Waals surface area contributed by atoms with Crippen LogP contribution in [0.3, 0.4) is 0 Å². The van der Waals surface area contributed by atoms with E-state index in [4.69, 9.17) is 5.11 Å². The third kappa shape index (κ3) is 2.05. The summed E-state index contributed by atoms with van der Waals surface area (Å²) in [6.07, 6.45) is 1.27. The van der Waals surface area contributed by atoms with E-state index in [2.05, 4.69) is 4.98 Å². The predicted molar refractivity (Wildman–Crippen MR) is 74.7 cm³/mol. The van der Waals surface area contributed by atoms with Crippen LogP contribution in [0.4, 0.5) is 0 Å². The third-order valence-electron chi connectivity index (χ3n) is 3.81. The van der Waals surface area contributed by atoms with Crippen molar-refractivity contribution < 1.29 is 14.7 Å². The van der Waals surface area contributed by atoms with E-state index in [9.17, 15) is 9.59 Å². The Morgan fingerprint density at radius 2 is 2.15 bits per heavy atom. The van der Waals surface area contributed by atoms with Crippen LogP contribution in [0.5, 0.6) is 0 Å². The number of carbonyl (C=O) groups is 2. The minimum absolute atomic E-state index is 0.233. The van der Waals surface area contributed by atoms with Gasteiger partial charge >= 0.3 is 5.97 Å². The number of aromatic amines is 1. The molecule has 104 valence electrons. The average molecular weight is 272 g/mol. The van der Waals surface area contributed by atoms with E-state index in [0.29, 0.717) is 18.7 Å². The molecule has 0 aliphatic carbocycles. The zero-order valence-electron chi connectivity index (χ0n) is 11.2. The number of aliphatic carboxylic acids is 1. The average Bonchev–Trinajstić information content (AvgIpc) is 3.03. The molecule has 1 fully saturated rings. The highest BCUT2D eigenvalue weighted by molar-refractivity contribution is 5.99. The first-order valence-electron chi connectivity index (χ1n) is 6.69. The fourth-order valence-electron chi connectivity index (χ4n) is 2.78. The second-order valence-electron chi connectivity index (χ2n) is 5.27. The smallest absolute Gasteiger partial charge is 0.326 e. The van der Waals surface area contributed by atoms with Gasteiger partial charge in [-0.2, -0.15) is 0 Å². The molecule has 3 rings (SSSR count). The Labute approximate surface area is 116 Å². The van der Waals surface area contributed by atoms with Crippen LogP contribution in [0.15, 0.2) is 24.3 Å². The lowest BCUT2D eigenvalue weighted by atomic mass is 10.2. The molecule has 5 nitrogen and oxygen atoms in total. The Kier molecular flexibility index (Phi) is 2.97. The summed E-state index contributed by atoms with van der Waals surface area (Å²) in [6, 6.07) is 7.01. The maximum atomic E-state index is 12.4. The fourth-order valence-corrected chi connectivity index (χ4v) is 2.78. The molecule has 0 unspecified atom stereocenters. The van der Waals surface area contributed by atoms with Crippen molar-refractivity contribution in [2.45, 2.75) is 25.8 Å². The van der Waals surface area contributed by atoms with Crippen molar-refractivity contribution in [2.24, 2.45) is 0 Å². The third-order valence-corrected chi connectivity index (χ3v) is 3.81. The first-order valence-corrected chi connectivity index (χ1v) is 6.69. The van der Waals surface area contributed by atoms with E-state index < -0.39 is 12.0 Å². The lowest BCUT2D eigenvalue weighted by Crippen LogP contribution is -2.40. The molecule has 0 radical (unpaired) electrons. The van der Waals surface area contributed by atoms with Crippen LogP contribution in [0.25, 0.3) is 10.9 Å². The maximum Gasteiger partial charge on any atom is 0.326 e. The van der Waals surface area contributed by atoms with Gasteiger partial charge in [-0.05, 0) is 37.5 Å². The first kappa shape index (κ1) is 12.7. The number of nitrogens with zero attached hydrogens (tertiary/aromatic N) is 1. The number of likely N-dealkylation sites (tertiary alicyclic amines) is 1. The summed E-state index contributed by atoms with van der Waals surface area (Å²) >= 11 is 0. The number of H-pyrrole nitrogens is 1. The van der Waals surface area contributed by atoms with Crippen molar-refractivity contribution in [3.05, 3.63) is 35.5 Å². The van der Waals surface area contributed by atoms with E-state index in [1.54, 1.807) is 6.07 Å². The van der Waals surface area contributed by atoms with E-state index in [-0.39, 0.29) is 5.91 Å². The van der Waals surface area contributed by atoms with Crippen LogP contribution >= 0.6 is 0 Å². The molecule has 5 heteroatoms. The SMILES string of the molecule is Cc1ccc2cc(C(=O)N3CCC[C@H]3C(=O)O)[nH]c2c1. The van der Waals surface area contributed by atoms with Crippen LogP contribution in [-0.2, 0) is 4.79 Å². The highest BCUT2D eigenvalue weighted by Crippen LogP contribution is 2.23. The zero-order chi connectivity index (χ0) is 14.3. The number of amides is 1. The summed E-state index contributed by atoms with van der Waals surface area (Å²) in [5.41, 5.74) is 2.47. The van der Waals surface area contributed by atoms with Crippen LogP contribution < -0.4 is 0 Å². The fraction of sp³-hybridized carbons (Fsp3) is 0.333. The molecule has 0 saturated carbocycles. The minimum Gasteiger partial charge on any atom is -0.480 e. The number of fused-ring (bicyclic) bond motifs is 1. The molecule has 1 atom stereocenters. The van der Waals surface area contributed by atoms with Crippen molar-refractivity contribution in [1.82, 2.24) is 9.88 Å². The maximum absolute atomic E-state index is 12.4. The Bertz CT molecular complexity index is 689. The number of aryl methyl sites for hydroxylation is 1. The molecule has 0 bridgehead atoms. The van der Waals surface area contributed by atoms with Crippen LogP contribution in [0.2, 0.25) is 0 Å². The molecule has 1 aliphatic rings. The van der Waals surface area contributed by atoms with E-state index in [1.165, 1.54) is 4.90 Å². The largest absolute Gasteiger partial charge is 0.480 e. The molecule has 2 heterocycles. The van der Waals surface area contributed by atoms with Crippen molar-refractivity contribution in [1.29, 1.82) is 0 Å². The second-order valence-corrected chi connectivity index (χ2v) is 5.27. The molecule has 1 saturated heterocycles. The quantitative estimate of drug-likeness (QED) is 0.880. The van der Waals surface area contributed by atoms with Crippen molar-refractivity contribution in [3.8, 4) is 0 Å². The molecular weight excluding hydrogens is 256 g/mol. The number of aromatic nitrogens is 1. The van der Waals surface area contributed by atoms with Gasteiger partial charge in [-0.25, -0.2) is 4.79 Å². The summed E-state index contributed by atoms with van der Waals surface area (Å²) in [4.78, 5) is 28.1. The highest BCUT2D eigenvalue weighted by atomic mass is 16.4. The van der Waals surface area contributed by atoms with E-state index in [0.717, 1.165) is 22.9 Å². The number of benzene rings is 1. The zero-order valence-corrected chi connectivity index (χ0v) is 11.2. The van der Waals surface area contributed by atoms with E-state index in [1.807, 2.05) is 25.1 Å². The number of carboxylic acid groups (broad SMARTS) is 1. The number of hydrogen-bond donors (Lipinski definition) is 2. The van der Waals surface area contributed by atoms with E-state index >= 15 is 0 Å². The monoisotopic (exact) mass is 272 g/mol. The van der Waals surface area contributed by atoms with Gasteiger partial charge in [-0.15, -0.1) is 0 Å². The second kappa shape index (κ2) is 4.67. The van der Waals surface area contributed by atoms with Crippen LogP contribution in [0, 0.1) is 6.92 Å². The first-order chi connectivity index (χ1) is 9.56. The summed E-state index contributed by atoms with van der Waals surface area (Å²) < 4.78 is 0. The summed E-state index contributed by atoms with van der Waals surface area (Å²) in [5.74, 6) is -1.16. The van der Waals surface area contributed by atoms with Crippen LogP contribution in [-0.4, -0.2) is 39.5 Å². The van der Waals surface area contributed by atoms with Gasteiger partial charge < -0.3 is 15.0 Å². The Balaban J connectivity index is 1.94. The number of hydrogen-bond acceptors (Lipinski definition) is 2. The van der Waals surface area contributed by atoms with Crippen molar-refractivity contribution in [2.75, 3.05) is 6.54 Å².